The Morgan fingerprint density at radius 2 is 2.03 bits per heavy atom. The van der Waals surface area contributed by atoms with Crippen LogP contribution in [0.2, 0.25) is 0 Å². The monoisotopic (exact) mass is 418 g/mol. The molecule has 1 aliphatic heterocycles. The summed E-state index contributed by atoms with van der Waals surface area (Å²) in [6.07, 6.45) is -0.730. The lowest BCUT2D eigenvalue weighted by atomic mass is 10.1. The summed E-state index contributed by atoms with van der Waals surface area (Å²) in [5.74, 6) is -0.194. The Morgan fingerprint density at radius 1 is 1.31 bits per heavy atom. The van der Waals surface area contributed by atoms with Crippen molar-refractivity contribution in [1.29, 1.82) is 0 Å². The summed E-state index contributed by atoms with van der Waals surface area (Å²) in [5.41, 5.74) is 1.57. The zero-order chi connectivity index (χ0) is 21.3. The van der Waals surface area contributed by atoms with Crippen molar-refractivity contribution < 1.29 is 22.7 Å². The first-order valence-electron chi connectivity index (χ1n) is 8.90. The first-order chi connectivity index (χ1) is 13.6. The number of nitrogens with one attached hydrogen (secondary N) is 2. The smallest absolute Gasteiger partial charge is 0.265 e. The predicted octanol–water partition coefficient (Wildman–Crippen LogP) is 1.68. The van der Waals surface area contributed by atoms with Crippen molar-refractivity contribution in [3.8, 4) is 5.75 Å². The molecule has 1 aromatic heterocycles. The molecule has 1 aromatic carbocycles. The average Bonchev–Trinajstić information content (AvgIpc) is 2.62. The van der Waals surface area contributed by atoms with Crippen LogP contribution in [0, 0.1) is 13.8 Å². The summed E-state index contributed by atoms with van der Waals surface area (Å²) in [4.78, 5) is 28.2. The number of fused-ring (bicyclic) bond motifs is 1. The summed E-state index contributed by atoms with van der Waals surface area (Å²) in [5, 5.41) is 5.26. The van der Waals surface area contributed by atoms with Crippen molar-refractivity contribution in [2.75, 3.05) is 24.2 Å². The van der Waals surface area contributed by atoms with Gasteiger partial charge < -0.3 is 15.4 Å². The van der Waals surface area contributed by atoms with Crippen LogP contribution in [-0.4, -0.2) is 49.2 Å². The van der Waals surface area contributed by atoms with Crippen LogP contribution < -0.4 is 15.4 Å². The summed E-state index contributed by atoms with van der Waals surface area (Å²) < 4.78 is 32.5. The van der Waals surface area contributed by atoms with Gasteiger partial charge in [-0.05, 0) is 44.5 Å². The molecule has 29 heavy (non-hydrogen) atoms. The molecule has 0 radical (unpaired) electrons. The van der Waals surface area contributed by atoms with E-state index in [1.807, 2.05) is 0 Å². The van der Waals surface area contributed by atoms with Gasteiger partial charge in [-0.25, -0.2) is 13.4 Å². The molecule has 0 bridgehead atoms. The minimum absolute atomic E-state index is 0.00331. The highest BCUT2D eigenvalue weighted by Gasteiger charge is 2.30. The van der Waals surface area contributed by atoms with Crippen molar-refractivity contribution in [3.63, 3.8) is 0 Å². The molecule has 0 unspecified atom stereocenters. The lowest BCUT2D eigenvalue weighted by Crippen LogP contribution is -2.36. The summed E-state index contributed by atoms with van der Waals surface area (Å²) in [7, 11) is -2.65. The van der Waals surface area contributed by atoms with Gasteiger partial charge in [0, 0.05) is 18.8 Å². The van der Waals surface area contributed by atoms with E-state index in [1.165, 1.54) is 19.2 Å². The van der Waals surface area contributed by atoms with Crippen molar-refractivity contribution in [2.45, 2.75) is 31.8 Å². The number of hydrogen-bond donors (Lipinski definition) is 2. The van der Waals surface area contributed by atoms with Gasteiger partial charge in [0.1, 0.15) is 11.6 Å². The van der Waals surface area contributed by atoms with Gasteiger partial charge in [0.15, 0.2) is 6.10 Å². The Balaban J connectivity index is 1.80. The molecular formula is C19H22N4O5S. The summed E-state index contributed by atoms with van der Waals surface area (Å²) in [6, 6.07) is 8.06. The fraction of sp³-hybridized carbons (Fsp3) is 0.316. The maximum absolute atomic E-state index is 13.0. The molecule has 0 saturated heterocycles. The van der Waals surface area contributed by atoms with Gasteiger partial charge in [-0.2, -0.15) is 4.31 Å². The van der Waals surface area contributed by atoms with E-state index in [0.29, 0.717) is 17.1 Å². The number of amides is 2. The quantitative estimate of drug-likeness (QED) is 0.763. The topological polar surface area (TPSA) is 118 Å². The molecule has 1 atom stereocenters. The minimum Gasteiger partial charge on any atom is -0.479 e. The first kappa shape index (κ1) is 20.7. The third-order valence-corrected chi connectivity index (χ3v) is 6.36. The van der Waals surface area contributed by atoms with E-state index in [9.17, 15) is 18.0 Å². The van der Waals surface area contributed by atoms with E-state index >= 15 is 0 Å². The fourth-order valence-corrected chi connectivity index (χ4v) is 4.22. The van der Waals surface area contributed by atoms with E-state index in [2.05, 4.69) is 15.6 Å². The van der Waals surface area contributed by atoms with Gasteiger partial charge in [-0.1, -0.05) is 6.07 Å². The van der Waals surface area contributed by atoms with Gasteiger partial charge in [-0.3, -0.25) is 9.59 Å². The third kappa shape index (κ3) is 4.38. The maximum Gasteiger partial charge on any atom is 0.265 e. The van der Waals surface area contributed by atoms with Gasteiger partial charge in [-0.15, -0.1) is 0 Å². The highest BCUT2D eigenvalue weighted by Crippen LogP contribution is 2.35. The Morgan fingerprint density at radius 3 is 2.72 bits per heavy atom. The second-order valence-corrected chi connectivity index (χ2v) is 8.85. The van der Waals surface area contributed by atoms with Gasteiger partial charge in [0.2, 0.25) is 15.9 Å². The SMILES string of the molecule is Cc1cccc(NC(=O)CN(C)S(=O)(=O)c2cc3c(cc2C)NC(=O)[C@@H](C)O3)n1. The zero-order valence-corrected chi connectivity index (χ0v) is 17.3. The molecule has 0 aliphatic carbocycles. The van der Waals surface area contributed by atoms with Crippen LogP contribution in [0.15, 0.2) is 35.2 Å². The zero-order valence-electron chi connectivity index (χ0n) is 16.5. The van der Waals surface area contributed by atoms with Crippen molar-refractivity contribution >= 4 is 33.3 Å². The molecule has 0 spiro atoms. The van der Waals surface area contributed by atoms with E-state index in [-0.39, 0.29) is 23.1 Å². The molecule has 2 N–H and O–H groups in total. The number of rotatable bonds is 5. The number of pyridine rings is 1. The number of aryl methyl sites for hydroxylation is 2. The average molecular weight is 418 g/mol. The van der Waals surface area contributed by atoms with Crippen LogP contribution in [0.4, 0.5) is 11.5 Å². The molecule has 0 fully saturated rings. The Hall–Kier alpha value is -2.98. The van der Waals surface area contributed by atoms with Crippen LogP contribution in [0.25, 0.3) is 0 Å². The second kappa shape index (κ2) is 7.80. The summed E-state index contributed by atoms with van der Waals surface area (Å²) in [6.45, 7) is 4.59. The van der Waals surface area contributed by atoms with Gasteiger partial charge >= 0.3 is 0 Å². The number of sulfonamides is 1. The Bertz CT molecular complexity index is 1080. The lowest BCUT2D eigenvalue weighted by Gasteiger charge is -2.25. The first-order valence-corrected chi connectivity index (χ1v) is 10.3. The van der Waals surface area contributed by atoms with Crippen molar-refractivity contribution in [2.24, 2.45) is 0 Å². The number of carbonyl (C=O) groups excluding carboxylic acids is 2. The highest BCUT2D eigenvalue weighted by molar-refractivity contribution is 7.89. The summed E-state index contributed by atoms with van der Waals surface area (Å²) >= 11 is 0. The third-order valence-electron chi connectivity index (χ3n) is 4.42. The molecule has 10 heteroatoms. The Labute approximate surface area is 169 Å². The molecule has 2 amide bonds. The normalized spacial score (nSPS) is 16.0. The molecule has 9 nitrogen and oxygen atoms in total. The number of likely N-dealkylation sites (N-methyl/N-ethyl adjacent to an activating group) is 1. The Kier molecular flexibility index (Phi) is 5.58. The maximum atomic E-state index is 13.0. The number of ether oxygens (including phenoxy) is 1. The molecule has 0 saturated carbocycles. The second-order valence-electron chi connectivity index (χ2n) is 6.84. The number of hydrogen-bond acceptors (Lipinski definition) is 6. The fourth-order valence-electron chi connectivity index (χ4n) is 2.87. The molecule has 154 valence electrons. The number of anilines is 2. The van der Waals surface area contributed by atoms with Crippen molar-refractivity contribution in [3.05, 3.63) is 41.6 Å². The molecule has 2 aromatic rings. The molecule has 2 heterocycles. The van der Waals surface area contributed by atoms with Gasteiger partial charge in [0.25, 0.3) is 5.91 Å². The van der Waals surface area contributed by atoms with Crippen LogP contribution in [0.5, 0.6) is 5.75 Å². The highest BCUT2D eigenvalue weighted by atomic mass is 32.2. The van der Waals surface area contributed by atoms with E-state index in [1.54, 1.807) is 39.0 Å². The number of aromatic nitrogens is 1. The van der Waals surface area contributed by atoms with Crippen LogP contribution in [-0.2, 0) is 19.6 Å². The van der Waals surface area contributed by atoms with Crippen LogP contribution in [0.1, 0.15) is 18.2 Å². The van der Waals surface area contributed by atoms with Crippen LogP contribution in [0.3, 0.4) is 0 Å². The van der Waals surface area contributed by atoms with E-state index in [4.69, 9.17) is 4.74 Å². The van der Waals surface area contributed by atoms with E-state index < -0.39 is 22.0 Å². The lowest BCUT2D eigenvalue weighted by molar-refractivity contribution is -0.122. The minimum atomic E-state index is -3.97. The van der Waals surface area contributed by atoms with E-state index in [0.717, 1.165) is 10.00 Å². The molecular weight excluding hydrogens is 396 g/mol. The largest absolute Gasteiger partial charge is 0.479 e. The number of carbonyl (C=O) groups is 2. The molecule has 1 aliphatic rings. The number of benzene rings is 1. The number of nitrogens with zero attached hydrogens (tertiary/aromatic N) is 2. The van der Waals surface area contributed by atoms with Gasteiger partial charge in [0.05, 0.1) is 17.1 Å². The molecule has 3 rings (SSSR count). The standard InChI is InChI=1S/C19H22N4O5S/c1-11-8-14-15(28-13(3)19(25)21-14)9-16(11)29(26,27)23(4)10-18(24)22-17-7-5-6-12(2)20-17/h5-9,13H,10H2,1-4H3,(H,21,25)(H,20,22,24)/t13-/m1/s1. The predicted molar refractivity (Wildman–Crippen MR) is 107 cm³/mol. The van der Waals surface area contributed by atoms with Crippen LogP contribution >= 0.6 is 0 Å². The van der Waals surface area contributed by atoms with Crippen molar-refractivity contribution in [1.82, 2.24) is 9.29 Å².